The van der Waals surface area contributed by atoms with Gasteiger partial charge in [0.1, 0.15) is 5.76 Å². The van der Waals surface area contributed by atoms with E-state index in [1.807, 2.05) is 30.3 Å². The molecule has 1 aromatic heterocycles. The second-order valence-electron chi connectivity index (χ2n) is 4.79. The summed E-state index contributed by atoms with van der Waals surface area (Å²) >= 11 is 12.3. The third-order valence-corrected chi connectivity index (χ3v) is 4.17. The fourth-order valence-electron chi connectivity index (χ4n) is 2.31. The Morgan fingerprint density at radius 3 is 2.75 bits per heavy atom. The minimum absolute atomic E-state index is 0.362. The van der Waals surface area contributed by atoms with Crippen LogP contribution in [0.15, 0.2) is 41.0 Å². The Morgan fingerprint density at radius 2 is 2.05 bits per heavy atom. The summed E-state index contributed by atoms with van der Waals surface area (Å²) in [6, 6.07) is 10.1. The maximum absolute atomic E-state index is 6.26. The zero-order chi connectivity index (χ0) is 14.4. The fraction of sp³-hybridized carbons (Fsp3) is 0.375. The van der Waals surface area contributed by atoms with Gasteiger partial charge in [-0.25, -0.2) is 0 Å². The van der Waals surface area contributed by atoms with Crippen LogP contribution in [0.3, 0.4) is 0 Å². The smallest absolute Gasteiger partial charge is 0.103 e. The summed E-state index contributed by atoms with van der Waals surface area (Å²) in [5.74, 6) is 1.02. The summed E-state index contributed by atoms with van der Waals surface area (Å²) < 4.78 is 5.38. The summed E-state index contributed by atoms with van der Waals surface area (Å²) in [7, 11) is 0. The van der Waals surface area contributed by atoms with E-state index < -0.39 is 0 Å². The quantitative estimate of drug-likeness (QED) is 0.799. The van der Waals surface area contributed by atoms with E-state index in [0.717, 1.165) is 37.1 Å². The van der Waals surface area contributed by atoms with Crippen molar-refractivity contribution in [3.8, 4) is 0 Å². The van der Waals surface area contributed by atoms with Gasteiger partial charge in [-0.1, -0.05) is 42.3 Å². The molecular formula is C16H19Cl2NO. The Balaban J connectivity index is 1.99. The van der Waals surface area contributed by atoms with Gasteiger partial charge in [0.05, 0.1) is 16.3 Å². The van der Waals surface area contributed by atoms with Crippen LogP contribution in [0, 0.1) is 0 Å². The molecule has 0 aliphatic heterocycles. The van der Waals surface area contributed by atoms with Gasteiger partial charge in [-0.05, 0) is 43.1 Å². The molecule has 0 saturated heterocycles. The van der Waals surface area contributed by atoms with Crippen LogP contribution >= 0.6 is 23.2 Å². The number of benzene rings is 1. The zero-order valence-corrected chi connectivity index (χ0v) is 13.0. The highest BCUT2D eigenvalue weighted by Crippen LogP contribution is 2.27. The average molecular weight is 312 g/mol. The molecule has 1 heterocycles. The Morgan fingerprint density at radius 1 is 1.20 bits per heavy atom. The fourth-order valence-corrected chi connectivity index (χ4v) is 2.71. The van der Waals surface area contributed by atoms with E-state index >= 15 is 0 Å². The van der Waals surface area contributed by atoms with E-state index in [1.165, 1.54) is 0 Å². The predicted molar refractivity (Wildman–Crippen MR) is 84.7 cm³/mol. The molecule has 0 bridgehead atoms. The average Bonchev–Trinajstić information content (AvgIpc) is 2.94. The minimum Gasteiger partial charge on any atom is -0.469 e. The van der Waals surface area contributed by atoms with Crippen LogP contribution in [-0.4, -0.2) is 12.6 Å². The van der Waals surface area contributed by atoms with Crippen LogP contribution in [-0.2, 0) is 12.8 Å². The Kier molecular flexibility index (Phi) is 5.96. The zero-order valence-electron chi connectivity index (χ0n) is 11.5. The number of furan rings is 1. The van der Waals surface area contributed by atoms with E-state index in [0.29, 0.717) is 16.1 Å². The second-order valence-corrected chi connectivity index (χ2v) is 5.57. The molecular weight excluding hydrogens is 293 g/mol. The first-order valence-corrected chi connectivity index (χ1v) is 7.65. The molecule has 1 unspecified atom stereocenters. The van der Waals surface area contributed by atoms with Gasteiger partial charge in [0.15, 0.2) is 0 Å². The summed E-state index contributed by atoms with van der Waals surface area (Å²) in [5, 5.41) is 4.78. The minimum atomic E-state index is 0.362. The van der Waals surface area contributed by atoms with Gasteiger partial charge in [-0.2, -0.15) is 0 Å². The summed E-state index contributed by atoms with van der Waals surface area (Å²) in [4.78, 5) is 0. The lowest BCUT2D eigenvalue weighted by molar-refractivity contribution is 0.448. The van der Waals surface area contributed by atoms with Crippen molar-refractivity contribution in [3.05, 3.63) is 58.0 Å². The van der Waals surface area contributed by atoms with E-state index in [1.54, 1.807) is 6.26 Å². The van der Waals surface area contributed by atoms with Crippen molar-refractivity contribution < 1.29 is 4.42 Å². The molecule has 0 spiro atoms. The Bertz CT molecular complexity index is 525. The first-order chi connectivity index (χ1) is 9.70. The normalized spacial score (nSPS) is 12.6. The third kappa shape index (κ3) is 4.27. The number of aryl methyl sites for hydroxylation is 1. The first kappa shape index (κ1) is 15.4. The third-order valence-electron chi connectivity index (χ3n) is 3.31. The van der Waals surface area contributed by atoms with Gasteiger partial charge in [0.2, 0.25) is 0 Å². The number of hydrogen-bond acceptors (Lipinski definition) is 2. The second kappa shape index (κ2) is 7.72. The van der Waals surface area contributed by atoms with E-state index in [-0.39, 0.29) is 0 Å². The molecule has 2 aromatic rings. The van der Waals surface area contributed by atoms with Crippen molar-refractivity contribution in [1.29, 1.82) is 0 Å². The van der Waals surface area contributed by atoms with Gasteiger partial charge in [0.25, 0.3) is 0 Å². The highest BCUT2D eigenvalue weighted by Gasteiger charge is 2.13. The SMILES string of the molecule is CCNC(CCc1ccco1)Cc1cccc(Cl)c1Cl. The van der Waals surface area contributed by atoms with E-state index in [4.69, 9.17) is 27.6 Å². The molecule has 1 aromatic carbocycles. The van der Waals surface area contributed by atoms with Gasteiger partial charge in [-0.3, -0.25) is 0 Å². The van der Waals surface area contributed by atoms with Gasteiger partial charge in [0, 0.05) is 12.5 Å². The molecule has 0 radical (unpaired) electrons. The van der Waals surface area contributed by atoms with Crippen LogP contribution in [0.1, 0.15) is 24.7 Å². The summed E-state index contributed by atoms with van der Waals surface area (Å²) in [6.07, 6.45) is 4.51. The maximum Gasteiger partial charge on any atom is 0.103 e. The Hall–Kier alpha value is -0.960. The van der Waals surface area contributed by atoms with Gasteiger partial charge >= 0.3 is 0 Å². The van der Waals surface area contributed by atoms with Crippen LogP contribution in [0.2, 0.25) is 10.0 Å². The highest BCUT2D eigenvalue weighted by atomic mass is 35.5. The molecule has 4 heteroatoms. The van der Waals surface area contributed by atoms with Crippen LogP contribution in [0.5, 0.6) is 0 Å². The van der Waals surface area contributed by atoms with E-state index in [9.17, 15) is 0 Å². The van der Waals surface area contributed by atoms with Crippen molar-refractivity contribution in [3.63, 3.8) is 0 Å². The van der Waals surface area contributed by atoms with Gasteiger partial charge in [-0.15, -0.1) is 0 Å². The van der Waals surface area contributed by atoms with Crippen molar-refractivity contribution in [2.75, 3.05) is 6.54 Å². The molecule has 1 N–H and O–H groups in total. The molecule has 0 saturated carbocycles. The molecule has 20 heavy (non-hydrogen) atoms. The molecule has 0 amide bonds. The van der Waals surface area contributed by atoms with Crippen LogP contribution < -0.4 is 5.32 Å². The number of nitrogens with one attached hydrogen (secondary N) is 1. The van der Waals surface area contributed by atoms with Crippen LogP contribution in [0.4, 0.5) is 0 Å². The topological polar surface area (TPSA) is 25.2 Å². The number of likely N-dealkylation sites (N-methyl/N-ethyl adjacent to an activating group) is 1. The van der Waals surface area contributed by atoms with Crippen molar-refractivity contribution >= 4 is 23.2 Å². The van der Waals surface area contributed by atoms with Gasteiger partial charge < -0.3 is 9.73 Å². The standard InChI is InChI=1S/C16H19Cl2NO/c1-2-19-13(8-9-14-6-4-10-20-14)11-12-5-3-7-15(17)16(12)18/h3-7,10,13,19H,2,8-9,11H2,1H3. The molecule has 0 aliphatic carbocycles. The first-order valence-electron chi connectivity index (χ1n) is 6.89. The number of rotatable bonds is 7. The van der Waals surface area contributed by atoms with E-state index in [2.05, 4.69) is 12.2 Å². The molecule has 2 nitrogen and oxygen atoms in total. The van der Waals surface area contributed by atoms with Crippen molar-refractivity contribution in [2.24, 2.45) is 0 Å². The van der Waals surface area contributed by atoms with Crippen LogP contribution in [0.25, 0.3) is 0 Å². The predicted octanol–water partition coefficient (Wildman–Crippen LogP) is 4.74. The highest BCUT2D eigenvalue weighted by molar-refractivity contribution is 6.42. The largest absolute Gasteiger partial charge is 0.469 e. The molecule has 1 atom stereocenters. The summed E-state index contributed by atoms with van der Waals surface area (Å²) in [5.41, 5.74) is 1.09. The number of hydrogen-bond donors (Lipinski definition) is 1. The lowest BCUT2D eigenvalue weighted by Crippen LogP contribution is -2.31. The summed E-state index contributed by atoms with van der Waals surface area (Å²) in [6.45, 7) is 3.04. The van der Waals surface area contributed by atoms with Crippen molar-refractivity contribution in [1.82, 2.24) is 5.32 Å². The lowest BCUT2D eigenvalue weighted by atomic mass is 10.0. The Labute approximate surface area is 130 Å². The monoisotopic (exact) mass is 311 g/mol. The maximum atomic E-state index is 6.26. The molecule has 108 valence electrons. The number of halogens is 2. The van der Waals surface area contributed by atoms with Crippen molar-refractivity contribution in [2.45, 2.75) is 32.2 Å². The lowest BCUT2D eigenvalue weighted by Gasteiger charge is -2.18. The molecule has 2 rings (SSSR count). The molecule has 0 fully saturated rings. The molecule has 0 aliphatic rings.